The fourth-order valence-electron chi connectivity index (χ4n) is 1.66. The Hall–Kier alpha value is -0.530. The molecule has 5 heteroatoms. The van der Waals surface area contributed by atoms with Gasteiger partial charge in [-0.25, -0.2) is 0 Å². The van der Waals surface area contributed by atoms with Crippen LogP contribution in [0.1, 0.15) is 47.0 Å². The highest BCUT2D eigenvalue weighted by atomic mass is 127. The molecule has 112 valence electrons. The lowest BCUT2D eigenvalue weighted by atomic mass is 10.1. The molecule has 0 aliphatic carbocycles. The van der Waals surface area contributed by atoms with Crippen LogP contribution in [0.4, 0.5) is 0 Å². The van der Waals surface area contributed by atoms with E-state index in [-0.39, 0.29) is 44.6 Å². The SMILES string of the molecule is CC(C)C(=O)c1ccc([I+]c2ccc(C(=O)C(C)C)s2)s1. The smallest absolute Gasteiger partial charge is 0.293 e. The summed E-state index contributed by atoms with van der Waals surface area (Å²) in [6.45, 7) is 7.72. The van der Waals surface area contributed by atoms with Crippen molar-refractivity contribution in [2.24, 2.45) is 11.8 Å². The average Bonchev–Trinajstić information content (AvgIpc) is 3.06. The molecule has 0 saturated carbocycles. The van der Waals surface area contributed by atoms with Crippen molar-refractivity contribution in [2.45, 2.75) is 27.7 Å². The molecule has 2 nitrogen and oxygen atoms in total. The van der Waals surface area contributed by atoms with E-state index in [2.05, 4.69) is 12.1 Å². The fourth-order valence-corrected chi connectivity index (χ4v) is 8.14. The van der Waals surface area contributed by atoms with Gasteiger partial charge in [0.15, 0.2) is 11.6 Å². The van der Waals surface area contributed by atoms with Gasteiger partial charge in [0.2, 0.25) is 5.77 Å². The van der Waals surface area contributed by atoms with E-state index in [0.29, 0.717) is 0 Å². The summed E-state index contributed by atoms with van der Waals surface area (Å²) in [7, 11) is 0. The number of hydrogen-bond donors (Lipinski definition) is 0. The largest absolute Gasteiger partial charge is 0.381 e. The highest BCUT2D eigenvalue weighted by Gasteiger charge is 2.24. The Labute approximate surface area is 143 Å². The van der Waals surface area contributed by atoms with Crippen molar-refractivity contribution in [1.82, 2.24) is 0 Å². The Morgan fingerprint density at radius 3 is 1.52 bits per heavy atom. The quantitative estimate of drug-likeness (QED) is 0.513. The summed E-state index contributed by atoms with van der Waals surface area (Å²) >= 11 is 2.93. The maximum Gasteiger partial charge on any atom is 0.381 e. The van der Waals surface area contributed by atoms with E-state index in [9.17, 15) is 9.59 Å². The Morgan fingerprint density at radius 1 is 0.810 bits per heavy atom. The second-order valence-electron chi connectivity index (χ2n) is 5.34. The van der Waals surface area contributed by atoms with Gasteiger partial charge in [0.1, 0.15) is 0 Å². The molecular weight excluding hydrogens is 415 g/mol. The van der Waals surface area contributed by atoms with Crippen molar-refractivity contribution < 1.29 is 30.8 Å². The minimum Gasteiger partial charge on any atom is -0.293 e. The van der Waals surface area contributed by atoms with Gasteiger partial charge in [-0.05, 0) is 12.1 Å². The van der Waals surface area contributed by atoms with Gasteiger partial charge in [-0.2, -0.15) is 0 Å². The van der Waals surface area contributed by atoms with Crippen molar-refractivity contribution >= 4 is 34.2 Å². The minimum absolute atomic E-state index is 0.0479. The molecule has 2 aromatic rings. The van der Waals surface area contributed by atoms with Crippen molar-refractivity contribution in [3.05, 3.63) is 39.8 Å². The van der Waals surface area contributed by atoms with E-state index in [1.807, 2.05) is 39.8 Å². The van der Waals surface area contributed by atoms with Crippen LogP contribution in [0.3, 0.4) is 0 Å². The molecule has 2 aromatic heterocycles. The van der Waals surface area contributed by atoms with E-state index in [1.165, 1.54) is 5.77 Å². The standard InChI is InChI=1S/C16H18IO2S2/c1-9(2)15(18)11-5-7-13(20-11)17-14-8-6-12(21-14)16(19)10(3)4/h5-10H,1-4H3/q+1. The van der Waals surface area contributed by atoms with Crippen molar-refractivity contribution in [2.75, 3.05) is 0 Å². The Bertz CT molecular complexity index is 597. The normalized spacial score (nSPS) is 11.3. The second-order valence-corrected chi connectivity index (χ2v) is 11.8. The third-order valence-corrected chi connectivity index (χ3v) is 8.78. The van der Waals surface area contributed by atoms with Gasteiger partial charge in [-0.3, -0.25) is 9.59 Å². The number of hydrogen-bond acceptors (Lipinski definition) is 4. The number of rotatable bonds is 6. The molecule has 21 heavy (non-hydrogen) atoms. The van der Waals surface area contributed by atoms with Crippen LogP contribution in [0.15, 0.2) is 24.3 Å². The number of ketones is 2. The highest BCUT2D eigenvalue weighted by molar-refractivity contribution is 7.12. The zero-order chi connectivity index (χ0) is 15.6. The van der Waals surface area contributed by atoms with Crippen LogP contribution in [0.5, 0.6) is 0 Å². The molecular formula is C16H18IO2S2+. The lowest BCUT2D eigenvalue weighted by Crippen LogP contribution is -3.61. The topological polar surface area (TPSA) is 34.1 Å². The van der Waals surface area contributed by atoms with Crippen LogP contribution < -0.4 is 21.2 Å². The van der Waals surface area contributed by atoms with Gasteiger partial charge in [-0.15, -0.1) is 0 Å². The summed E-state index contributed by atoms with van der Waals surface area (Å²) < 4.78 is 2.56. The summed E-state index contributed by atoms with van der Waals surface area (Å²) in [6, 6.07) is 8.01. The monoisotopic (exact) mass is 433 g/mol. The van der Waals surface area contributed by atoms with Crippen LogP contribution in [0, 0.1) is 17.6 Å². The number of thiophene rings is 2. The summed E-state index contributed by atoms with van der Waals surface area (Å²) in [5.41, 5.74) is 0. The molecule has 2 heterocycles. The minimum atomic E-state index is -0.288. The summed E-state index contributed by atoms with van der Waals surface area (Å²) in [5.74, 6) is 0.535. The Morgan fingerprint density at radius 2 is 1.19 bits per heavy atom. The van der Waals surface area contributed by atoms with Gasteiger partial charge in [-0.1, -0.05) is 50.4 Å². The molecule has 0 aliphatic rings. The third-order valence-electron chi connectivity index (χ3n) is 2.87. The molecule has 0 unspecified atom stereocenters. The molecule has 2 rings (SSSR count). The number of halogens is 1. The van der Waals surface area contributed by atoms with Gasteiger partial charge < -0.3 is 0 Å². The zero-order valence-electron chi connectivity index (χ0n) is 12.5. The van der Waals surface area contributed by atoms with E-state index >= 15 is 0 Å². The fraction of sp³-hybridized carbons (Fsp3) is 0.375. The molecule has 0 fully saturated rings. The number of carbonyl (C=O) groups excluding carboxylic acids is 2. The first-order valence-electron chi connectivity index (χ1n) is 6.81. The first kappa shape index (κ1) is 16.8. The Kier molecular flexibility index (Phi) is 5.73. The second kappa shape index (κ2) is 7.15. The lowest BCUT2D eigenvalue weighted by molar-refractivity contribution is -0.585. The van der Waals surface area contributed by atoms with Crippen LogP contribution >= 0.6 is 22.7 Å². The predicted molar refractivity (Wildman–Crippen MR) is 84.4 cm³/mol. The summed E-state index contributed by atoms with van der Waals surface area (Å²) in [6.07, 6.45) is 0. The van der Waals surface area contributed by atoms with Crippen molar-refractivity contribution in [3.8, 4) is 0 Å². The lowest BCUT2D eigenvalue weighted by Gasteiger charge is -1.98. The molecule has 0 aromatic carbocycles. The van der Waals surface area contributed by atoms with Crippen LogP contribution in [-0.2, 0) is 0 Å². The van der Waals surface area contributed by atoms with Crippen LogP contribution in [0.2, 0.25) is 0 Å². The van der Waals surface area contributed by atoms with Crippen LogP contribution in [-0.4, -0.2) is 11.6 Å². The van der Waals surface area contributed by atoms with Gasteiger partial charge >= 0.3 is 21.2 Å². The van der Waals surface area contributed by atoms with Gasteiger partial charge in [0.05, 0.1) is 9.75 Å². The Balaban J connectivity index is 2.09. The molecule has 0 spiro atoms. The number of carbonyl (C=O) groups is 2. The van der Waals surface area contributed by atoms with Crippen molar-refractivity contribution in [3.63, 3.8) is 0 Å². The molecule has 0 atom stereocenters. The van der Waals surface area contributed by atoms with E-state index in [1.54, 1.807) is 22.7 Å². The first-order chi connectivity index (χ1) is 9.88. The number of Topliss-reactive ketones (excluding diaryl/α,β-unsaturated/α-hetero) is 2. The van der Waals surface area contributed by atoms with Gasteiger partial charge in [0.25, 0.3) is 0 Å². The van der Waals surface area contributed by atoms with Gasteiger partial charge in [0, 0.05) is 24.0 Å². The maximum absolute atomic E-state index is 12.0. The first-order valence-corrected chi connectivity index (χ1v) is 10.6. The maximum atomic E-state index is 12.0. The molecule has 0 bridgehead atoms. The average molecular weight is 433 g/mol. The summed E-state index contributed by atoms with van der Waals surface area (Å²) in [5, 5.41) is 0. The highest BCUT2D eigenvalue weighted by Crippen LogP contribution is 2.16. The molecule has 0 amide bonds. The molecule has 0 N–H and O–H groups in total. The molecule has 0 saturated heterocycles. The zero-order valence-corrected chi connectivity index (χ0v) is 16.3. The van der Waals surface area contributed by atoms with E-state index in [4.69, 9.17) is 0 Å². The third kappa shape index (κ3) is 4.23. The van der Waals surface area contributed by atoms with Crippen molar-refractivity contribution in [1.29, 1.82) is 0 Å². The molecule has 0 aliphatic heterocycles. The molecule has 0 radical (unpaired) electrons. The van der Waals surface area contributed by atoms with E-state index in [0.717, 1.165) is 9.75 Å². The predicted octanol–water partition coefficient (Wildman–Crippen LogP) is 1.62. The summed E-state index contributed by atoms with van der Waals surface area (Å²) in [4.78, 5) is 25.6. The van der Waals surface area contributed by atoms with E-state index < -0.39 is 0 Å². The van der Waals surface area contributed by atoms with Crippen LogP contribution in [0.25, 0.3) is 0 Å².